The highest BCUT2D eigenvalue weighted by Gasteiger charge is 2.48. The summed E-state index contributed by atoms with van der Waals surface area (Å²) in [5.41, 5.74) is 0.948. The molecule has 3 aliphatic rings. The lowest BCUT2D eigenvalue weighted by Crippen LogP contribution is -2.45. The van der Waals surface area contributed by atoms with E-state index in [2.05, 4.69) is 0 Å². The predicted molar refractivity (Wildman–Crippen MR) is 101 cm³/mol. The van der Waals surface area contributed by atoms with Crippen LogP contribution in [0.5, 0.6) is 11.5 Å². The molecule has 0 aromatic heterocycles. The average Bonchev–Trinajstić information content (AvgIpc) is 3.03. The summed E-state index contributed by atoms with van der Waals surface area (Å²) in [7, 11) is 1.60. The van der Waals surface area contributed by atoms with Crippen molar-refractivity contribution in [1.29, 1.82) is 0 Å². The first kappa shape index (κ1) is 19.1. The van der Waals surface area contributed by atoms with E-state index in [9.17, 15) is 14.7 Å². The number of hydrogen-bond acceptors (Lipinski definition) is 5. The molecule has 2 unspecified atom stereocenters. The van der Waals surface area contributed by atoms with Gasteiger partial charge >= 0.3 is 5.97 Å². The lowest BCUT2D eigenvalue weighted by atomic mass is 9.78. The number of carbonyl (C=O) groups is 2. The van der Waals surface area contributed by atoms with Gasteiger partial charge in [0.05, 0.1) is 19.4 Å². The highest BCUT2D eigenvalue weighted by atomic mass is 16.5. The molecule has 28 heavy (non-hydrogen) atoms. The van der Waals surface area contributed by atoms with Gasteiger partial charge in [-0.25, -0.2) is 0 Å². The minimum atomic E-state index is -0.859. The number of amides is 1. The second kappa shape index (κ2) is 7.62. The van der Waals surface area contributed by atoms with Crippen molar-refractivity contribution in [1.82, 2.24) is 4.90 Å². The van der Waals surface area contributed by atoms with Gasteiger partial charge < -0.3 is 24.2 Å². The molecule has 1 spiro atoms. The molecule has 0 aliphatic carbocycles. The Labute approximate surface area is 164 Å². The summed E-state index contributed by atoms with van der Waals surface area (Å²) in [5.74, 6) is 0.226. The number of benzene rings is 1. The topological polar surface area (TPSA) is 85.3 Å². The van der Waals surface area contributed by atoms with Crippen LogP contribution in [0.15, 0.2) is 18.2 Å². The van der Waals surface area contributed by atoms with Gasteiger partial charge in [0.25, 0.3) is 0 Å². The van der Waals surface area contributed by atoms with Crippen molar-refractivity contribution < 1.29 is 28.9 Å². The number of carbonyl (C=O) groups excluding carboxylic acids is 1. The van der Waals surface area contributed by atoms with Gasteiger partial charge in [0, 0.05) is 25.8 Å². The number of methoxy groups -OCH3 is 1. The molecule has 0 bridgehead atoms. The van der Waals surface area contributed by atoms with Crippen LogP contribution in [-0.2, 0) is 20.7 Å². The van der Waals surface area contributed by atoms with Crippen molar-refractivity contribution in [3.63, 3.8) is 0 Å². The second-order valence-electron chi connectivity index (χ2n) is 8.19. The quantitative estimate of drug-likeness (QED) is 0.849. The molecular formula is C21H27NO6. The summed E-state index contributed by atoms with van der Waals surface area (Å²) in [6.07, 6.45) is 3.08. The van der Waals surface area contributed by atoms with Gasteiger partial charge in [0.1, 0.15) is 6.61 Å². The van der Waals surface area contributed by atoms with Gasteiger partial charge in [-0.1, -0.05) is 12.1 Å². The maximum absolute atomic E-state index is 13.4. The highest BCUT2D eigenvalue weighted by Crippen LogP contribution is 2.45. The van der Waals surface area contributed by atoms with Gasteiger partial charge in [0.15, 0.2) is 11.5 Å². The molecule has 7 heteroatoms. The summed E-state index contributed by atoms with van der Waals surface area (Å²) >= 11 is 0. The van der Waals surface area contributed by atoms with Crippen LogP contribution >= 0.6 is 0 Å². The summed E-state index contributed by atoms with van der Waals surface area (Å²) in [4.78, 5) is 26.6. The van der Waals surface area contributed by atoms with E-state index >= 15 is 0 Å². The molecule has 0 radical (unpaired) electrons. The van der Waals surface area contributed by atoms with Gasteiger partial charge in [-0.3, -0.25) is 9.59 Å². The van der Waals surface area contributed by atoms with E-state index in [0.717, 1.165) is 24.8 Å². The Kier molecular flexibility index (Phi) is 5.19. The first-order chi connectivity index (χ1) is 13.5. The average molecular weight is 389 g/mol. The number of ether oxygens (including phenoxy) is 3. The summed E-state index contributed by atoms with van der Waals surface area (Å²) in [5, 5.41) is 9.36. The van der Waals surface area contributed by atoms with Crippen LogP contribution in [-0.4, -0.2) is 61.4 Å². The van der Waals surface area contributed by atoms with Crippen molar-refractivity contribution >= 4 is 11.9 Å². The number of carboxylic acid groups (broad SMARTS) is 1. The number of rotatable bonds is 4. The summed E-state index contributed by atoms with van der Waals surface area (Å²) < 4.78 is 16.7. The van der Waals surface area contributed by atoms with Crippen molar-refractivity contribution in [2.45, 2.75) is 38.1 Å². The molecule has 1 aromatic carbocycles. The molecule has 7 nitrogen and oxygen atoms in total. The van der Waals surface area contributed by atoms with E-state index in [1.165, 1.54) is 0 Å². The monoisotopic (exact) mass is 389 g/mol. The Morgan fingerprint density at radius 2 is 2.11 bits per heavy atom. The third-order valence-electron chi connectivity index (χ3n) is 6.39. The van der Waals surface area contributed by atoms with Crippen molar-refractivity contribution in [3.05, 3.63) is 23.8 Å². The SMILES string of the molecule is COc1cccc2c1OCC(C(=O)N1CC3(CCOCC3)CC1CC(=O)O)C2. The first-order valence-corrected chi connectivity index (χ1v) is 9.90. The van der Waals surface area contributed by atoms with Gasteiger partial charge in [-0.2, -0.15) is 0 Å². The van der Waals surface area contributed by atoms with E-state index in [0.29, 0.717) is 44.3 Å². The number of hydrogen-bond donors (Lipinski definition) is 1. The number of likely N-dealkylation sites (tertiary alicyclic amines) is 1. The first-order valence-electron chi connectivity index (χ1n) is 9.90. The number of aliphatic carboxylic acids is 1. The number of para-hydroxylation sites is 1. The third-order valence-corrected chi connectivity index (χ3v) is 6.39. The number of carboxylic acids is 1. The molecule has 3 heterocycles. The largest absolute Gasteiger partial charge is 0.493 e. The molecule has 4 rings (SSSR count). The molecule has 1 aromatic rings. The highest BCUT2D eigenvalue weighted by molar-refractivity contribution is 5.81. The van der Waals surface area contributed by atoms with Crippen LogP contribution in [0.4, 0.5) is 0 Å². The van der Waals surface area contributed by atoms with Gasteiger partial charge in [-0.15, -0.1) is 0 Å². The normalized spacial score (nSPS) is 25.8. The number of fused-ring (bicyclic) bond motifs is 1. The molecule has 1 N–H and O–H groups in total. The fourth-order valence-corrected chi connectivity index (χ4v) is 4.92. The fraction of sp³-hybridized carbons (Fsp3) is 0.619. The van der Waals surface area contributed by atoms with Crippen LogP contribution in [0, 0.1) is 11.3 Å². The molecule has 2 fully saturated rings. The predicted octanol–water partition coefficient (Wildman–Crippen LogP) is 2.12. The van der Waals surface area contributed by atoms with Gasteiger partial charge in [0.2, 0.25) is 5.91 Å². The second-order valence-corrected chi connectivity index (χ2v) is 8.19. The molecular weight excluding hydrogens is 362 g/mol. The van der Waals surface area contributed by atoms with Gasteiger partial charge in [-0.05, 0) is 42.7 Å². The third kappa shape index (κ3) is 3.55. The molecule has 0 saturated carbocycles. The molecule has 3 aliphatic heterocycles. The zero-order valence-corrected chi connectivity index (χ0v) is 16.2. The molecule has 1 amide bonds. The molecule has 2 saturated heterocycles. The van der Waals surface area contributed by atoms with E-state index in [1.807, 2.05) is 23.1 Å². The summed E-state index contributed by atoms with van der Waals surface area (Å²) in [6.45, 7) is 2.27. The van der Waals surface area contributed by atoms with Crippen LogP contribution < -0.4 is 9.47 Å². The fourth-order valence-electron chi connectivity index (χ4n) is 4.92. The minimum absolute atomic E-state index is 0.00286. The van der Waals surface area contributed by atoms with Crippen molar-refractivity contribution in [2.24, 2.45) is 11.3 Å². The van der Waals surface area contributed by atoms with Crippen LogP contribution in [0.3, 0.4) is 0 Å². The Balaban J connectivity index is 1.53. The zero-order chi connectivity index (χ0) is 19.7. The Hall–Kier alpha value is -2.28. The van der Waals surface area contributed by atoms with E-state index < -0.39 is 5.97 Å². The van der Waals surface area contributed by atoms with Crippen LogP contribution in [0.25, 0.3) is 0 Å². The van der Waals surface area contributed by atoms with Crippen molar-refractivity contribution in [3.8, 4) is 11.5 Å². The molecule has 152 valence electrons. The Morgan fingerprint density at radius 1 is 1.32 bits per heavy atom. The minimum Gasteiger partial charge on any atom is -0.493 e. The Bertz CT molecular complexity index is 757. The maximum atomic E-state index is 13.4. The Morgan fingerprint density at radius 3 is 2.82 bits per heavy atom. The lowest BCUT2D eigenvalue weighted by molar-refractivity contribution is -0.142. The van der Waals surface area contributed by atoms with E-state index in [1.54, 1.807) is 7.11 Å². The van der Waals surface area contributed by atoms with E-state index in [-0.39, 0.29) is 29.7 Å². The van der Waals surface area contributed by atoms with Crippen molar-refractivity contribution in [2.75, 3.05) is 33.5 Å². The smallest absolute Gasteiger partial charge is 0.305 e. The maximum Gasteiger partial charge on any atom is 0.305 e. The zero-order valence-electron chi connectivity index (χ0n) is 16.2. The summed E-state index contributed by atoms with van der Waals surface area (Å²) in [6, 6.07) is 5.44. The van der Waals surface area contributed by atoms with Crippen LogP contribution in [0.1, 0.15) is 31.2 Å². The van der Waals surface area contributed by atoms with E-state index in [4.69, 9.17) is 14.2 Å². The molecule has 2 atom stereocenters. The van der Waals surface area contributed by atoms with Crippen LogP contribution in [0.2, 0.25) is 0 Å². The standard InChI is InChI=1S/C21H27NO6/c1-26-17-4-2-3-14-9-15(12-28-19(14)17)20(25)22-13-21(5-7-27-8-6-21)11-16(22)10-18(23)24/h2-4,15-16H,5-13H2,1H3,(H,23,24). The number of nitrogens with zero attached hydrogens (tertiary/aromatic N) is 1. The lowest BCUT2D eigenvalue weighted by Gasteiger charge is -2.34.